The molecule has 1 aromatic carbocycles. The molecule has 1 aromatic heterocycles. The Hall–Kier alpha value is -2.17. The number of anilines is 2. The van der Waals surface area contributed by atoms with E-state index in [-0.39, 0.29) is 0 Å². The van der Waals surface area contributed by atoms with Gasteiger partial charge in [0.25, 0.3) is 0 Å². The molecule has 118 valence electrons. The fourth-order valence-corrected chi connectivity index (χ4v) is 2.23. The van der Waals surface area contributed by atoms with Gasteiger partial charge in [-0.25, -0.2) is 0 Å². The van der Waals surface area contributed by atoms with Crippen molar-refractivity contribution in [3.63, 3.8) is 0 Å². The number of nitrogens with zero attached hydrogens (tertiary/aromatic N) is 4. The number of rotatable bonds is 9. The molecule has 2 aromatic rings. The van der Waals surface area contributed by atoms with E-state index in [1.54, 1.807) is 6.20 Å². The zero-order valence-electron chi connectivity index (χ0n) is 13.5. The summed E-state index contributed by atoms with van der Waals surface area (Å²) in [6, 6.07) is 10.4. The maximum absolute atomic E-state index is 4.58. The van der Waals surface area contributed by atoms with Crippen molar-refractivity contribution in [2.75, 3.05) is 23.3 Å². The lowest BCUT2D eigenvalue weighted by atomic mass is 10.2. The first kappa shape index (κ1) is 16.2. The molecule has 1 heterocycles. The summed E-state index contributed by atoms with van der Waals surface area (Å²) in [5, 5.41) is 11.6. The predicted octanol–water partition coefficient (Wildman–Crippen LogP) is 3.50. The van der Waals surface area contributed by atoms with Crippen LogP contribution in [-0.2, 0) is 6.54 Å². The molecule has 0 amide bonds. The molecule has 0 aliphatic heterocycles. The van der Waals surface area contributed by atoms with Gasteiger partial charge in [-0.15, -0.1) is 5.10 Å². The Morgan fingerprint density at radius 2 is 1.91 bits per heavy atom. The van der Waals surface area contributed by atoms with Crippen LogP contribution in [0.3, 0.4) is 0 Å². The molecule has 0 aliphatic carbocycles. The highest BCUT2D eigenvalue weighted by Gasteiger charge is 2.09. The number of aromatic nitrogens is 3. The summed E-state index contributed by atoms with van der Waals surface area (Å²) in [6.07, 6.45) is 5.28. The highest BCUT2D eigenvalue weighted by atomic mass is 15.3. The maximum Gasteiger partial charge on any atom is 0.247 e. The minimum Gasteiger partial charge on any atom is -0.369 e. The van der Waals surface area contributed by atoms with Gasteiger partial charge in [0, 0.05) is 19.6 Å². The van der Waals surface area contributed by atoms with Crippen molar-refractivity contribution in [3.05, 3.63) is 42.1 Å². The van der Waals surface area contributed by atoms with Crippen LogP contribution >= 0.6 is 0 Å². The van der Waals surface area contributed by atoms with Gasteiger partial charge < -0.3 is 10.2 Å². The zero-order chi connectivity index (χ0) is 15.6. The Morgan fingerprint density at radius 1 is 1.09 bits per heavy atom. The summed E-state index contributed by atoms with van der Waals surface area (Å²) in [5.41, 5.74) is 1.24. The van der Waals surface area contributed by atoms with Crippen LogP contribution in [0.1, 0.15) is 38.7 Å². The second-order valence-corrected chi connectivity index (χ2v) is 5.28. The van der Waals surface area contributed by atoms with Crippen LogP contribution in [0.25, 0.3) is 0 Å². The van der Waals surface area contributed by atoms with E-state index >= 15 is 0 Å². The lowest BCUT2D eigenvalue weighted by molar-refractivity contribution is 0.737. The maximum atomic E-state index is 4.58. The average molecular weight is 299 g/mol. The molecule has 0 fully saturated rings. The van der Waals surface area contributed by atoms with Gasteiger partial charge in [0.2, 0.25) is 5.95 Å². The van der Waals surface area contributed by atoms with Gasteiger partial charge in [0.05, 0.1) is 6.20 Å². The van der Waals surface area contributed by atoms with Crippen LogP contribution in [0, 0.1) is 0 Å². The number of unbranched alkanes of at least 4 members (excludes halogenated alkanes) is 2. The van der Waals surface area contributed by atoms with Crippen LogP contribution in [0.15, 0.2) is 36.5 Å². The van der Waals surface area contributed by atoms with Crippen LogP contribution < -0.4 is 10.2 Å². The summed E-state index contributed by atoms with van der Waals surface area (Å²) in [6.45, 7) is 6.87. The summed E-state index contributed by atoms with van der Waals surface area (Å²) in [5.74, 6) is 1.47. The first-order valence-electron chi connectivity index (χ1n) is 8.06. The Kier molecular flexibility index (Phi) is 6.61. The molecule has 5 heteroatoms. The lowest BCUT2D eigenvalue weighted by Crippen LogP contribution is -2.25. The van der Waals surface area contributed by atoms with Gasteiger partial charge >= 0.3 is 0 Å². The highest BCUT2D eigenvalue weighted by Crippen LogP contribution is 2.13. The average Bonchev–Trinajstić information content (AvgIpc) is 2.58. The molecule has 1 N–H and O–H groups in total. The highest BCUT2D eigenvalue weighted by molar-refractivity contribution is 5.39. The third kappa shape index (κ3) is 4.98. The monoisotopic (exact) mass is 299 g/mol. The molecule has 0 unspecified atom stereocenters. The molecule has 0 saturated heterocycles. The minimum atomic E-state index is 0.673. The third-order valence-corrected chi connectivity index (χ3v) is 3.51. The molecule has 0 bridgehead atoms. The smallest absolute Gasteiger partial charge is 0.247 e. The predicted molar refractivity (Wildman–Crippen MR) is 91.0 cm³/mol. The third-order valence-electron chi connectivity index (χ3n) is 3.51. The molecule has 0 radical (unpaired) electrons. The van der Waals surface area contributed by atoms with E-state index in [1.165, 1.54) is 18.4 Å². The van der Waals surface area contributed by atoms with Crippen molar-refractivity contribution in [1.29, 1.82) is 0 Å². The lowest BCUT2D eigenvalue weighted by Gasteiger charge is -2.20. The molecule has 22 heavy (non-hydrogen) atoms. The topological polar surface area (TPSA) is 53.9 Å². The standard InChI is InChI=1S/C17H25N5/c1-3-5-9-12-18-16-13-19-21-17(20-16)22(4-2)14-15-10-7-6-8-11-15/h6-8,10-11,13H,3-5,9,12,14H2,1-2H3,(H,18,20,21). The number of hydrogen-bond acceptors (Lipinski definition) is 5. The minimum absolute atomic E-state index is 0.673. The van der Waals surface area contributed by atoms with Crippen LogP contribution in [0.4, 0.5) is 11.8 Å². The fraction of sp³-hybridized carbons (Fsp3) is 0.471. The van der Waals surface area contributed by atoms with Crippen molar-refractivity contribution < 1.29 is 0 Å². The number of nitrogens with one attached hydrogen (secondary N) is 1. The largest absolute Gasteiger partial charge is 0.369 e. The molecule has 2 rings (SSSR count). The Balaban J connectivity index is 1.99. The molecule has 5 nitrogen and oxygen atoms in total. The number of benzene rings is 1. The van der Waals surface area contributed by atoms with Crippen molar-refractivity contribution >= 4 is 11.8 Å². The SMILES string of the molecule is CCCCCNc1cnnc(N(CC)Cc2ccccc2)n1. The van der Waals surface area contributed by atoms with E-state index in [9.17, 15) is 0 Å². The van der Waals surface area contributed by atoms with E-state index in [0.717, 1.165) is 31.9 Å². The second-order valence-electron chi connectivity index (χ2n) is 5.28. The van der Waals surface area contributed by atoms with Gasteiger partial charge in [-0.05, 0) is 18.9 Å². The molecule has 0 saturated carbocycles. The molecular formula is C17H25N5. The summed E-state index contributed by atoms with van der Waals surface area (Å²) < 4.78 is 0. The van der Waals surface area contributed by atoms with Crippen LogP contribution in [0.2, 0.25) is 0 Å². The van der Waals surface area contributed by atoms with E-state index in [1.807, 2.05) is 18.2 Å². The quantitative estimate of drug-likeness (QED) is 0.718. The van der Waals surface area contributed by atoms with Gasteiger partial charge in [0.15, 0.2) is 5.82 Å². The molecular weight excluding hydrogens is 274 g/mol. The molecule has 0 atom stereocenters. The Bertz CT molecular complexity index is 544. The van der Waals surface area contributed by atoms with Crippen molar-refractivity contribution in [2.45, 2.75) is 39.7 Å². The van der Waals surface area contributed by atoms with Gasteiger partial charge in [-0.3, -0.25) is 0 Å². The van der Waals surface area contributed by atoms with Crippen molar-refractivity contribution in [1.82, 2.24) is 15.2 Å². The van der Waals surface area contributed by atoms with E-state index in [0.29, 0.717) is 5.95 Å². The second kappa shape index (κ2) is 8.97. The van der Waals surface area contributed by atoms with E-state index in [2.05, 4.69) is 51.4 Å². The van der Waals surface area contributed by atoms with Crippen LogP contribution in [-0.4, -0.2) is 28.3 Å². The summed E-state index contributed by atoms with van der Waals surface area (Å²) in [7, 11) is 0. The molecule has 0 aliphatic rings. The Labute approximate surface area is 132 Å². The molecule has 0 spiro atoms. The van der Waals surface area contributed by atoms with Gasteiger partial charge in [0.1, 0.15) is 0 Å². The Morgan fingerprint density at radius 3 is 2.64 bits per heavy atom. The van der Waals surface area contributed by atoms with Crippen molar-refractivity contribution in [3.8, 4) is 0 Å². The van der Waals surface area contributed by atoms with Crippen LogP contribution in [0.5, 0.6) is 0 Å². The first-order valence-corrected chi connectivity index (χ1v) is 8.06. The summed E-state index contributed by atoms with van der Waals surface area (Å²) >= 11 is 0. The van der Waals surface area contributed by atoms with Gasteiger partial charge in [-0.2, -0.15) is 10.1 Å². The van der Waals surface area contributed by atoms with Crippen molar-refractivity contribution in [2.24, 2.45) is 0 Å². The van der Waals surface area contributed by atoms with E-state index in [4.69, 9.17) is 0 Å². The summed E-state index contributed by atoms with van der Waals surface area (Å²) in [4.78, 5) is 6.70. The first-order chi connectivity index (χ1) is 10.8. The van der Waals surface area contributed by atoms with E-state index < -0.39 is 0 Å². The fourth-order valence-electron chi connectivity index (χ4n) is 2.23. The zero-order valence-corrected chi connectivity index (χ0v) is 13.5. The number of hydrogen-bond donors (Lipinski definition) is 1. The van der Waals surface area contributed by atoms with Gasteiger partial charge in [-0.1, -0.05) is 50.1 Å². The normalized spacial score (nSPS) is 10.5.